The van der Waals surface area contributed by atoms with E-state index in [4.69, 9.17) is 10.5 Å². The third-order valence-corrected chi connectivity index (χ3v) is 3.56. The van der Waals surface area contributed by atoms with E-state index in [0.29, 0.717) is 12.0 Å². The van der Waals surface area contributed by atoms with Gasteiger partial charge in [-0.3, -0.25) is 0 Å². The smallest absolute Gasteiger partial charge is 0.0469 e. The zero-order valence-corrected chi connectivity index (χ0v) is 9.67. The minimum atomic E-state index is 0.429. The van der Waals surface area contributed by atoms with E-state index in [9.17, 15) is 0 Å². The highest BCUT2D eigenvalue weighted by atomic mass is 16.5. The molecule has 3 unspecified atom stereocenters. The van der Waals surface area contributed by atoms with Crippen LogP contribution in [0.2, 0.25) is 0 Å². The summed E-state index contributed by atoms with van der Waals surface area (Å²) in [5, 5.41) is 0. The molecule has 2 heteroatoms. The Morgan fingerprint density at radius 3 is 2.71 bits per heavy atom. The molecule has 84 valence electrons. The van der Waals surface area contributed by atoms with Crippen molar-refractivity contribution in [1.82, 2.24) is 0 Å². The van der Waals surface area contributed by atoms with Gasteiger partial charge in [-0.2, -0.15) is 0 Å². The van der Waals surface area contributed by atoms with E-state index in [1.165, 1.54) is 25.7 Å². The monoisotopic (exact) mass is 199 g/mol. The molecule has 1 saturated carbocycles. The van der Waals surface area contributed by atoms with Crippen molar-refractivity contribution in [3.8, 4) is 0 Å². The molecule has 1 rings (SSSR count). The highest BCUT2D eigenvalue weighted by Crippen LogP contribution is 2.32. The molecule has 0 aromatic rings. The standard InChI is InChI=1S/C12H25NO/c1-3-10-5-6-12(13)11(9-10)7-8-14-4-2/h10-12H,3-9,13H2,1-2H3. The number of ether oxygens (including phenoxy) is 1. The zero-order chi connectivity index (χ0) is 10.4. The van der Waals surface area contributed by atoms with Gasteiger partial charge in [0, 0.05) is 19.3 Å². The van der Waals surface area contributed by atoms with Crippen LogP contribution >= 0.6 is 0 Å². The van der Waals surface area contributed by atoms with Crippen molar-refractivity contribution in [1.29, 1.82) is 0 Å². The Morgan fingerprint density at radius 1 is 1.29 bits per heavy atom. The molecular formula is C12H25NO. The lowest BCUT2D eigenvalue weighted by Crippen LogP contribution is -2.36. The molecule has 14 heavy (non-hydrogen) atoms. The first-order valence-electron chi connectivity index (χ1n) is 6.11. The normalized spacial score (nSPS) is 33.2. The molecule has 0 amide bonds. The fourth-order valence-corrected chi connectivity index (χ4v) is 2.47. The molecule has 0 aliphatic heterocycles. The van der Waals surface area contributed by atoms with Crippen molar-refractivity contribution in [2.45, 2.75) is 52.0 Å². The second-order valence-corrected chi connectivity index (χ2v) is 4.50. The predicted octanol–water partition coefficient (Wildman–Crippen LogP) is 2.57. The second-order valence-electron chi connectivity index (χ2n) is 4.50. The van der Waals surface area contributed by atoms with E-state index in [1.807, 2.05) is 0 Å². The maximum absolute atomic E-state index is 6.12. The van der Waals surface area contributed by atoms with Gasteiger partial charge in [-0.05, 0) is 44.4 Å². The summed E-state index contributed by atoms with van der Waals surface area (Å²) < 4.78 is 5.40. The third-order valence-electron chi connectivity index (χ3n) is 3.56. The maximum atomic E-state index is 6.12. The van der Waals surface area contributed by atoms with E-state index in [2.05, 4.69) is 13.8 Å². The highest BCUT2D eigenvalue weighted by molar-refractivity contribution is 4.81. The van der Waals surface area contributed by atoms with Crippen LogP contribution in [0.3, 0.4) is 0 Å². The fraction of sp³-hybridized carbons (Fsp3) is 1.00. The Kier molecular flexibility index (Phi) is 5.49. The Hall–Kier alpha value is -0.0800. The van der Waals surface area contributed by atoms with Crippen molar-refractivity contribution in [2.24, 2.45) is 17.6 Å². The summed E-state index contributed by atoms with van der Waals surface area (Å²) in [6, 6.07) is 0.429. The lowest BCUT2D eigenvalue weighted by molar-refractivity contribution is 0.110. The number of hydrogen-bond acceptors (Lipinski definition) is 2. The van der Waals surface area contributed by atoms with Crippen molar-refractivity contribution in [3.63, 3.8) is 0 Å². The van der Waals surface area contributed by atoms with Gasteiger partial charge in [0.2, 0.25) is 0 Å². The molecule has 3 atom stereocenters. The molecule has 1 aliphatic rings. The molecule has 0 saturated heterocycles. The lowest BCUT2D eigenvalue weighted by Gasteiger charge is -2.33. The molecular weight excluding hydrogens is 174 g/mol. The summed E-state index contributed by atoms with van der Waals surface area (Å²) in [5.74, 6) is 1.63. The average Bonchev–Trinajstić information content (AvgIpc) is 2.21. The van der Waals surface area contributed by atoms with Crippen LogP contribution in [0.15, 0.2) is 0 Å². The van der Waals surface area contributed by atoms with Gasteiger partial charge in [0.1, 0.15) is 0 Å². The van der Waals surface area contributed by atoms with Gasteiger partial charge in [-0.25, -0.2) is 0 Å². The van der Waals surface area contributed by atoms with E-state index >= 15 is 0 Å². The summed E-state index contributed by atoms with van der Waals surface area (Å²) in [5.41, 5.74) is 6.12. The van der Waals surface area contributed by atoms with Crippen LogP contribution in [0.1, 0.15) is 46.0 Å². The van der Waals surface area contributed by atoms with Crippen molar-refractivity contribution >= 4 is 0 Å². The van der Waals surface area contributed by atoms with Gasteiger partial charge in [0.05, 0.1) is 0 Å². The van der Waals surface area contributed by atoms with Gasteiger partial charge in [-0.1, -0.05) is 13.3 Å². The predicted molar refractivity (Wildman–Crippen MR) is 60.2 cm³/mol. The average molecular weight is 199 g/mol. The molecule has 2 N–H and O–H groups in total. The van der Waals surface area contributed by atoms with Crippen molar-refractivity contribution in [2.75, 3.05) is 13.2 Å². The zero-order valence-electron chi connectivity index (χ0n) is 9.67. The van der Waals surface area contributed by atoms with Gasteiger partial charge in [0.15, 0.2) is 0 Å². The van der Waals surface area contributed by atoms with Crippen LogP contribution < -0.4 is 5.73 Å². The molecule has 1 aliphatic carbocycles. The van der Waals surface area contributed by atoms with E-state index in [0.717, 1.165) is 25.6 Å². The maximum Gasteiger partial charge on any atom is 0.0469 e. The van der Waals surface area contributed by atoms with Crippen molar-refractivity contribution < 1.29 is 4.74 Å². The Balaban J connectivity index is 2.25. The summed E-state index contributed by atoms with van der Waals surface area (Å²) >= 11 is 0. The molecule has 1 fully saturated rings. The van der Waals surface area contributed by atoms with E-state index < -0.39 is 0 Å². The molecule has 2 nitrogen and oxygen atoms in total. The third kappa shape index (κ3) is 3.58. The first kappa shape index (κ1) is 12.0. The molecule has 0 heterocycles. The van der Waals surface area contributed by atoms with Crippen LogP contribution in [0.4, 0.5) is 0 Å². The lowest BCUT2D eigenvalue weighted by atomic mass is 9.76. The number of nitrogens with two attached hydrogens (primary N) is 1. The van der Waals surface area contributed by atoms with E-state index in [-0.39, 0.29) is 0 Å². The van der Waals surface area contributed by atoms with Crippen molar-refractivity contribution in [3.05, 3.63) is 0 Å². The molecule has 0 aromatic heterocycles. The topological polar surface area (TPSA) is 35.2 Å². The Bertz CT molecular complexity index is 149. The molecule has 0 aromatic carbocycles. The molecule has 0 bridgehead atoms. The number of rotatable bonds is 5. The van der Waals surface area contributed by atoms with E-state index in [1.54, 1.807) is 0 Å². The van der Waals surface area contributed by atoms with Crippen LogP contribution in [-0.4, -0.2) is 19.3 Å². The Morgan fingerprint density at radius 2 is 2.07 bits per heavy atom. The quantitative estimate of drug-likeness (QED) is 0.691. The summed E-state index contributed by atoms with van der Waals surface area (Å²) in [4.78, 5) is 0. The Labute approximate surface area is 88.2 Å². The van der Waals surface area contributed by atoms with Gasteiger partial charge >= 0.3 is 0 Å². The minimum Gasteiger partial charge on any atom is -0.382 e. The summed E-state index contributed by atoms with van der Waals surface area (Å²) in [6.07, 6.45) is 6.35. The first-order chi connectivity index (χ1) is 6.77. The van der Waals surface area contributed by atoms with Gasteiger partial charge in [0.25, 0.3) is 0 Å². The second kappa shape index (κ2) is 6.41. The van der Waals surface area contributed by atoms with Crippen LogP contribution in [0, 0.1) is 11.8 Å². The molecule has 0 spiro atoms. The van der Waals surface area contributed by atoms with Gasteiger partial charge < -0.3 is 10.5 Å². The molecule has 0 radical (unpaired) electrons. The fourth-order valence-electron chi connectivity index (χ4n) is 2.47. The summed E-state index contributed by atoms with van der Waals surface area (Å²) in [7, 11) is 0. The van der Waals surface area contributed by atoms with Crippen LogP contribution in [-0.2, 0) is 4.74 Å². The number of hydrogen-bond donors (Lipinski definition) is 1. The van der Waals surface area contributed by atoms with Gasteiger partial charge in [-0.15, -0.1) is 0 Å². The van der Waals surface area contributed by atoms with Crippen LogP contribution in [0.5, 0.6) is 0 Å². The largest absolute Gasteiger partial charge is 0.382 e. The summed E-state index contributed by atoms with van der Waals surface area (Å²) in [6.45, 7) is 6.07. The first-order valence-corrected chi connectivity index (χ1v) is 6.11. The van der Waals surface area contributed by atoms with Crippen LogP contribution in [0.25, 0.3) is 0 Å². The minimum absolute atomic E-state index is 0.429. The SMILES string of the molecule is CCOCCC1CC(CC)CCC1N. The highest BCUT2D eigenvalue weighted by Gasteiger charge is 2.26.